The molecular weight excluding hydrogens is 264 g/mol. The third kappa shape index (κ3) is 3.54. The molecule has 1 aliphatic rings. The molecule has 0 unspecified atom stereocenters. The Labute approximate surface area is 116 Å². The second-order valence-corrected chi connectivity index (χ2v) is 5.31. The topological polar surface area (TPSA) is 67.4 Å². The summed E-state index contributed by atoms with van der Waals surface area (Å²) in [5.74, 6) is -0.364. The van der Waals surface area contributed by atoms with Crippen LogP contribution in [0.5, 0.6) is 0 Å². The van der Waals surface area contributed by atoms with Crippen LogP contribution in [0, 0.1) is 5.92 Å². The number of thiophene rings is 1. The molecule has 0 aliphatic carbocycles. The highest BCUT2D eigenvalue weighted by Crippen LogP contribution is 2.25. The number of ether oxygens (including phenoxy) is 1. The number of piperidine rings is 1. The van der Waals surface area contributed by atoms with Crippen LogP contribution in [-0.4, -0.2) is 31.6 Å². The van der Waals surface area contributed by atoms with Gasteiger partial charge in [-0.3, -0.25) is 4.79 Å². The summed E-state index contributed by atoms with van der Waals surface area (Å²) in [6.07, 6.45) is 1.68. The van der Waals surface area contributed by atoms with Crippen molar-refractivity contribution in [2.75, 3.05) is 25.0 Å². The van der Waals surface area contributed by atoms with Gasteiger partial charge in [0.1, 0.15) is 5.00 Å². The summed E-state index contributed by atoms with van der Waals surface area (Å²) < 4.78 is 4.96. The van der Waals surface area contributed by atoms with Crippen LogP contribution in [0.1, 0.15) is 30.1 Å². The van der Waals surface area contributed by atoms with Crippen molar-refractivity contribution in [1.82, 2.24) is 5.32 Å². The molecule has 0 saturated carbocycles. The van der Waals surface area contributed by atoms with Crippen LogP contribution >= 0.6 is 11.3 Å². The highest BCUT2D eigenvalue weighted by atomic mass is 32.1. The highest BCUT2D eigenvalue weighted by molar-refractivity contribution is 7.14. The molecule has 0 radical (unpaired) electrons. The minimum atomic E-state index is -0.385. The van der Waals surface area contributed by atoms with Gasteiger partial charge in [0.15, 0.2) is 0 Å². The Bertz CT molecular complexity index is 452. The lowest BCUT2D eigenvalue weighted by Crippen LogP contribution is -2.34. The lowest BCUT2D eigenvalue weighted by molar-refractivity contribution is -0.120. The van der Waals surface area contributed by atoms with E-state index < -0.39 is 0 Å². The molecule has 2 heterocycles. The lowest BCUT2D eigenvalue weighted by atomic mass is 9.97. The van der Waals surface area contributed by atoms with E-state index in [-0.39, 0.29) is 17.8 Å². The maximum Gasteiger partial charge on any atom is 0.341 e. The molecule has 0 bridgehead atoms. The van der Waals surface area contributed by atoms with Crippen molar-refractivity contribution in [3.63, 3.8) is 0 Å². The minimum Gasteiger partial charge on any atom is -0.462 e. The van der Waals surface area contributed by atoms with Crippen molar-refractivity contribution in [2.45, 2.75) is 19.8 Å². The number of hydrogen-bond acceptors (Lipinski definition) is 5. The molecular formula is C13H18N2O3S. The molecule has 19 heavy (non-hydrogen) atoms. The van der Waals surface area contributed by atoms with Gasteiger partial charge >= 0.3 is 5.97 Å². The van der Waals surface area contributed by atoms with Crippen LogP contribution in [0.4, 0.5) is 5.00 Å². The first-order valence-corrected chi connectivity index (χ1v) is 7.36. The predicted molar refractivity (Wildman–Crippen MR) is 74.5 cm³/mol. The van der Waals surface area contributed by atoms with Crippen molar-refractivity contribution in [3.05, 3.63) is 17.0 Å². The van der Waals surface area contributed by atoms with Gasteiger partial charge in [0.2, 0.25) is 5.91 Å². The molecule has 0 spiro atoms. The molecule has 104 valence electrons. The summed E-state index contributed by atoms with van der Waals surface area (Å²) in [5.41, 5.74) is 0.439. The number of amides is 1. The first kappa shape index (κ1) is 14.0. The van der Waals surface area contributed by atoms with Crippen LogP contribution < -0.4 is 10.6 Å². The minimum absolute atomic E-state index is 0.00509. The number of carbonyl (C=O) groups excluding carboxylic acids is 2. The summed E-state index contributed by atoms with van der Waals surface area (Å²) in [6.45, 7) is 3.83. The molecule has 1 aromatic heterocycles. The average molecular weight is 282 g/mol. The fourth-order valence-corrected chi connectivity index (χ4v) is 2.85. The van der Waals surface area contributed by atoms with E-state index in [1.165, 1.54) is 11.3 Å². The monoisotopic (exact) mass is 282 g/mol. The fraction of sp³-hybridized carbons (Fsp3) is 0.538. The summed E-state index contributed by atoms with van der Waals surface area (Å²) in [5, 5.41) is 8.44. The fourth-order valence-electron chi connectivity index (χ4n) is 2.07. The molecule has 0 aromatic carbocycles. The number of carbonyl (C=O) groups is 2. The van der Waals surface area contributed by atoms with Crippen LogP contribution in [0.25, 0.3) is 0 Å². The first-order valence-electron chi connectivity index (χ1n) is 6.48. The van der Waals surface area contributed by atoms with E-state index >= 15 is 0 Å². The van der Waals surface area contributed by atoms with Gasteiger partial charge in [-0.1, -0.05) is 0 Å². The Kier molecular flexibility index (Phi) is 4.93. The normalized spacial score (nSPS) is 16.1. The van der Waals surface area contributed by atoms with Crippen molar-refractivity contribution >= 4 is 28.2 Å². The van der Waals surface area contributed by atoms with E-state index in [4.69, 9.17) is 4.74 Å². The average Bonchev–Trinajstić information content (AvgIpc) is 2.88. The maximum atomic E-state index is 12.1. The number of anilines is 1. The molecule has 5 nitrogen and oxygen atoms in total. The molecule has 1 amide bonds. The quantitative estimate of drug-likeness (QED) is 0.827. The Morgan fingerprint density at radius 2 is 2.21 bits per heavy atom. The number of esters is 1. The molecule has 0 atom stereocenters. The van der Waals surface area contributed by atoms with Gasteiger partial charge in [-0.05, 0) is 44.3 Å². The van der Waals surface area contributed by atoms with E-state index in [1.54, 1.807) is 18.4 Å². The molecule has 1 saturated heterocycles. The van der Waals surface area contributed by atoms with Crippen LogP contribution in [0.15, 0.2) is 11.4 Å². The van der Waals surface area contributed by atoms with Gasteiger partial charge in [-0.15, -0.1) is 11.3 Å². The number of hydrogen-bond donors (Lipinski definition) is 2. The van der Waals surface area contributed by atoms with Gasteiger partial charge in [-0.25, -0.2) is 4.79 Å². The smallest absolute Gasteiger partial charge is 0.341 e. The Balaban J connectivity index is 2.00. The van der Waals surface area contributed by atoms with Crippen LogP contribution in [-0.2, 0) is 9.53 Å². The molecule has 1 aromatic rings. The Hall–Kier alpha value is -1.40. The first-order chi connectivity index (χ1) is 9.22. The third-order valence-corrected chi connectivity index (χ3v) is 3.94. The number of rotatable bonds is 4. The maximum absolute atomic E-state index is 12.1. The Morgan fingerprint density at radius 1 is 1.47 bits per heavy atom. The predicted octanol–water partition coefficient (Wildman–Crippen LogP) is 1.86. The lowest BCUT2D eigenvalue weighted by Gasteiger charge is -2.21. The zero-order valence-electron chi connectivity index (χ0n) is 10.9. The zero-order chi connectivity index (χ0) is 13.7. The van der Waals surface area contributed by atoms with Crippen LogP contribution in [0.3, 0.4) is 0 Å². The van der Waals surface area contributed by atoms with Gasteiger partial charge < -0.3 is 15.4 Å². The second kappa shape index (κ2) is 6.68. The van der Waals surface area contributed by atoms with Gasteiger partial charge in [-0.2, -0.15) is 0 Å². The largest absolute Gasteiger partial charge is 0.462 e. The van der Waals surface area contributed by atoms with Crippen molar-refractivity contribution in [1.29, 1.82) is 0 Å². The van der Waals surface area contributed by atoms with E-state index in [0.29, 0.717) is 17.2 Å². The van der Waals surface area contributed by atoms with Crippen molar-refractivity contribution in [3.8, 4) is 0 Å². The third-order valence-electron chi connectivity index (χ3n) is 3.11. The highest BCUT2D eigenvalue weighted by Gasteiger charge is 2.23. The van der Waals surface area contributed by atoms with Crippen molar-refractivity contribution in [2.24, 2.45) is 5.92 Å². The second-order valence-electron chi connectivity index (χ2n) is 4.40. The van der Waals surface area contributed by atoms with E-state index in [9.17, 15) is 9.59 Å². The van der Waals surface area contributed by atoms with E-state index in [2.05, 4.69) is 10.6 Å². The van der Waals surface area contributed by atoms with Gasteiger partial charge in [0.05, 0.1) is 12.2 Å². The molecule has 1 aliphatic heterocycles. The van der Waals surface area contributed by atoms with Gasteiger partial charge in [0.25, 0.3) is 0 Å². The SMILES string of the molecule is CCOC(=O)c1ccsc1NC(=O)C1CCNCC1. The van der Waals surface area contributed by atoms with Crippen LogP contribution in [0.2, 0.25) is 0 Å². The summed E-state index contributed by atoms with van der Waals surface area (Å²) in [4.78, 5) is 23.8. The van der Waals surface area contributed by atoms with E-state index in [1.807, 2.05) is 0 Å². The summed E-state index contributed by atoms with van der Waals surface area (Å²) in [6, 6.07) is 1.68. The molecule has 1 fully saturated rings. The zero-order valence-corrected chi connectivity index (χ0v) is 11.7. The van der Waals surface area contributed by atoms with E-state index in [0.717, 1.165) is 25.9 Å². The number of nitrogens with one attached hydrogen (secondary N) is 2. The molecule has 2 N–H and O–H groups in total. The van der Waals surface area contributed by atoms with Gasteiger partial charge in [0, 0.05) is 5.92 Å². The summed E-state index contributed by atoms with van der Waals surface area (Å²) in [7, 11) is 0. The molecule has 2 rings (SSSR count). The Morgan fingerprint density at radius 3 is 2.89 bits per heavy atom. The van der Waals surface area contributed by atoms with Crippen molar-refractivity contribution < 1.29 is 14.3 Å². The standard InChI is InChI=1S/C13H18N2O3S/c1-2-18-13(17)10-5-8-19-12(10)15-11(16)9-3-6-14-7-4-9/h5,8-9,14H,2-4,6-7H2,1H3,(H,15,16). The summed E-state index contributed by atoms with van der Waals surface area (Å²) >= 11 is 1.35. The molecule has 6 heteroatoms.